The summed E-state index contributed by atoms with van der Waals surface area (Å²) in [6, 6.07) is 111. The van der Waals surface area contributed by atoms with E-state index in [0.717, 1.165) is 188 Å². The Labute approximate surface area is 551 Å². The van der Waals surface area contributed by atoms with Crippen molar-refractivity contribution in [3.05, 3.63) is 327 Å². The first-order chi connectivity index (χ1) is 47.6. The summed E-state index contributed by atoms with van der Waals surface area (Å²) in [5, 5.41) is 7.67. The number of nitrogens with zero attached hydrogens (tertiary/aromatic N) is 8. The maximum absolute atomic E-state index is 5.36. The zero-order valence-corrected chi connectivity index (χ0v) is 52.2. The number of pyridine rings is 3. The van der Waals surface area contributed by atoms with Gasteiger partial charge in [-0.2, -0.15) is 0 Å². The maximum atomic E-state index is 5.36. The highest BCUT2D eigenvalue weighted by molar-refractivity contribution is 6.18. The molecule has 0 N–H and O–H groups in total. The Morgan fingerprint density at radius 3 is 0.719 bits per heavy atom. The van der Waals surface area contributed by atoms with Crippen molar-refractivity contribution in [2.24, 2.45) is 0 Å². The van der Waals surface area contributed by atoms with Gasteiger partial charge in [-0.05, 0) is 155 Å². The van der Waals surface area contributed by atoms with Crippen molar-refractivity contribution < 1.29 is 0 Å². The summed E-state index contributed by atoms with van der Waals surface area (Å²) in [6.45, 7) is 2.37. The van der Waals surface area contributed by atoms with Gasteiger partial charge in [-0.1, -0.05) is 200 Å². The first-order valence-corrected chi connectivity index (χ1v) is 32.7. The van der Waals surface area contributed by atoms with E-state index in [0.29, 0.717) is 0 Å². The van der Waals surface area contributed by atoms with Crippen molar-refractivity contribution in [1.82, 2.24) is 37.8 Å². The molecule has 12 aromatic carbocycles. The molecule has 0 radical (unpaired) electrons. The van der Waals surface area contributed by atoms with Crippen molar-refractivity contribution in [3.63, 3.8) is 0 Å². The van der Waals surface area contributed by atoms with Crippen LogP contribution in [0.1, 0.15) is 5.56 Å². The number of para-hydroxylation sites is 3. The largest absolute Gasteiger partial charge is 0.305 e. The van der Waals surface area contributed by atoms with E-state index in [-0.39, 0.29) is 0 Å². The first kappa shape index (κ1) is 53.7. The molecule has 0 saturated heterocycles. The van der Waals surface area contributed by atoms with E-state index in [1.807, 2.05) is 18.6 Å². The first-order valence-electron chi connectivity index (χ1n) is 32.7. The molecule has 448 valence electrons. The zero-order chi connectivity index (χ0) is 63.1. The summed E-state index contributed by atoms with van der Waals surface area (Å²) >= 11 is 0. The highest BCUT2D eigenvalue weighted by Crippen LogP contribution is 2.52. The van der Waals surface area contributed by atoms with Gasteiger partial charge in [0.15, 0.2) is 0 Å². The topological polar surface area (TPSA) is 63.3 Å². The number of fused-ring (bicyclic) bond motifs is 15. The van der Waals surface area contributed by atoms with Crippen LogP contribution in [0, 0.1) is 6.92 Å². The van der Waals surface area contributed by atoms with Crippen LogP contribution in [-0.2, 0) is 0 Å². The lowest BCUT2D eigenvalue weighted by molar-refractivity contribution is 0.982. The Kier molecular flexibility index (Phi) is 11.8. The Morgan fingerprint density at radius 2 is 0.417 bits per heavy atom. The second-order valence-corrected chi connectivity index (χ2v) is 25.1. The quantitative estimate of drug-likeness (QED) is 0.145. The minimum absolute atomic E-state index is 0.903. The van der Waals surface area contributed by atoms with Gasteiger partial charge in [0.1, 0.15) is 0 Å². The lowest BCUT2D eigenvalue weighted by atomic mass is 10.0. The van der Waals surface area contributed by atoms with Gasteiger partial charge < -0.3 is 22.8 Å². The number of hydrogen-bond acceptors (Lipinski definition) is 3. The number of rotatable bonds is 9. The number of benzene rings is 12. The highest BCUT2D eigenvalue weighted by Gasteiger charge is 2.36. The smallest absolute Gasteiger partial charge is 0.0991 e. The van der Waals surface area contributed by atoms with E-state index in [2.05, 4.69) is 333 Å². The molecule has 0 atom stereocenters. The van der Waals surface area contributed by atoms with E-state index >= 15 is 0 Å². The predicted molar refractivity (Wildman–Crippen MR) is 398 cm³/mol. The van der Waals surface area contributed by atoms with Crippen LogP contribution in [0.2, 0.25) is 0 Å². The van der Waals surface area contributed by atoms with Crippen LogP contribution in [0.4, 0.5) is 0 Å². The molecular formula is C88H56N8. The molecular weight excluding hydrogens is 1170 g/mol. The molecule has 0 saturated carbocycles. The molecule has 20 rings (SSSR count). The molecule has 8 nitrogen and oxygen atoms in total. The summed E-state index contributed by atoms with van der Waals surface area (Å²) < 4.78 is 12.8. The molecule has 0 fully saturated rings. The molecule has 8 heteroatoms. The average Bonchev–Trinajstić information content (AvgIpc) is 1.46. The zero-order valence-electron chi connectivity index (χ0n) is 52.2. The SMILES string of the molecule is Cc1c(-n2c3ccccc3c3ncccc32)c(-n2c3ccc(-c4ccccc4)cc3c3cc(-c4ccccc4)ccc32)c(-n2c3ccccc3c3ncccc32)c(-n2c3ccc(-c4ccccc4)cc3c3cc(-c4ccccc4)ccc32)c1-n1c2ccccc2c2ncccc21. The molecule has 8 aromatic heterocycles. The monoisotopic (exact) mass is 1220 g/mol. The van der Waals surface area contributed by atoms with Gasteiger partial charge in [0.05, 0.1) is 100 Å². The van der Waals surface area contributed by atoms with Gasteiger partial charge in [0.2, 0.25) is 0 Å². The third-order valence-electron chi connectivity index (χ3n) is 20.0. The second kappa shape index (κ2) is 21.1. The van der Waals surface area contributed by atoms with E-state index < -0.39 is 0 Å². The summed E-state index contributed by atoms with van der Waals surface area (Å²) in [5.74, 6) is 0. The Morgan fingerprint density at radius 1 is 0.188 bits per heavy atom. The van der Waals surface area contributed by atoms with Gasteiger partial charge in [0, 0.05) is 61.9 Å². The van der Waals surface area contributed by atoms with Crippen LogP contribution in [0.25, 0.3) is 182 Å². The molecule has 0 aliphatic rings. The maximum Gasteiger partial charge on any atom is 0.0991 e. The minimum atomic E-state index is 0.903. The van der Waals surface area contributed by atoms with Gasteiger partial charge in [-0.15, -0.1) is 0 Å². The molecule has 0 aliphatic carbocycles. The van der Waals surface area contributed by atoms with Crippen molar-refractivity contribution in [2.75, 3.05) is 0 Å². The minimum Gasteiger partial charge on any atom is -0.305 e. The van der Waals surface area contributed by atoms with Crippen molar-refractivity contribution in [3.8, 4) is 72.9 Å². The van der Waals surface area contributed by atoms with E-state index in [1.165, 1.54) is 0 Å². The van der Waals surface area contributed by atoms with Gasteiger partial charge >= 0.3 is 0 Å². The Balaban J connectivity index is 1.09. The van der Waals surface area contributed by atoms with E-state index in [9.17, 15) is 0 Å². The van der Waals surface area contributed by atoms with Gasteiger partial charge in [0.25, 0.3) is 0 Å². The van der Waals surface area contributed by atoms with Crippen LogP contribution in [0.3, 0.4) is 0 Å². The van der Waals surface area contributed by atoms with Crippen LogP contribution in [-0.4, -0.2) is 37.8 Å². The molecule has 0 bridgehead atoms. The number of hydrogen-bond donors (Lipinski definition) is 0. The summed E-state index contributed by atoms with van der Waals surface area (Å²) in [5.41, 5.74) is 28.0. The van der Waals surface area contributed by atoms with Crippen LogP contribution in [0.5, 0.6) is 0 Å². The van der Waals surface area contributed by atoms with Crippen LogP contribution < -0.4 is 0 Å². The standard InChI is InChI=1S/C88H56N8/c1-55-84(94-71-34-17-14-31-64(71)81-78(94)37-20-48-89-81)86(92-74-44-40-60(56-23-6-2-7-24-56)51-67(74)68-52-61(41-45-75(68)92)57-25-8-3-9-26-57)88(96-73-36-19-16-33-66(73)83-80(96)39-22-50-91-83)87(85(55)95-72-35-18-15-32-65(72)82-79(95)38-21-49-90-82)93-76-46-42-62(58-27-10-4-11-28-58)53-69(76)70-54-63(43-47-77(70)93)59-29-12-5-13-30-59/h2-54H,1H3. The van der Waals surface area contributed by atoms with Crippen molar-refractivity contribution in [1.29, 1.82) is 0 Å². The van der Waals surface area contributed by atoms with Crippen molar-refractivity contribution >= 4 is 109 Å². The second-order valence-electron chi connectivity index (χ2n) is 25.1. The predicted octanol–water partition coefficient (Wildman–Crippen LogP) is 22.3. The van der Waals surface area contributed by atoms with Crippen molar-refractivity contribution in [2.45, 2.75) is 6.92 Å². The van der Waals surface area contributed by atoms with E-state index in [4.69, 9.17) is 15.0 Å². The summed E-state index contributed by atoms with van der Waals surface area (Å²) in [4.78, 5) is 15.9. The Hall–Kier alpha value is -12.9. The lowest BCUT2D eigenvalue weighted by Crippen LogP contribution is -2.18. The molecule has 0 unspecified atom stereocenters. The van der Waals surface area contributed by atoms with Crippen LogP contribution >= 0.6 is 0 Å². The molecule has 20 aromatic rings. The Bertz CT molecular complexity index is 5870. The highest BCUT2D eigenvalue weighted by atomic mass is 15.2. The molecule has 8 heterocycles. The van der Waals surface area contributed by atoms with Gasteiger partial charge in [-0.3, -0.25) is 15.0 Å². The molecule has 0 spiro atoms. The van der Waals surface area contributed by atoms with Gasteiger partial charge in [-0.25, -0.2) is 0 Å². The third-order valence-corrected chi connectivity index (χ3v) is 20.0. The normalized spacial score (nSPS) is 12.0. The molecule has 96 heavy (non-hydrogen) atoms. The fourth-order valence-electron chi connectivity index (χ4n) is 15.8. The summed E-state index contributed by atoms with van der Waals surface area (Å²) in [6.07, 6.45) is 5.80. The molecule has 0 amide bonds. The number of aromatic nitrogens is 8. The van der Waals surface area contributed by atoms with E-state index in [1.54, 1.807) is 0 Å². The fraction of sp³-hybridized carbons (Fsp3) is 0.0114. The van der Waals surface area contributed by atoms with Crippen LogP contribution in [0.15, 0.2) is 322 Å². The molecule has 0 aliphatic heterocycles. The third kappa shape index (κ3) is 7.87. The summed E-state index contributed by atoms with van der Waals surface area (Å²) in [7, 11) is 0. The fourth-order valence-corrected chi connectivity index (χ4v) is 15.8. The average molecular weight is 1230 g/mol. The lowest BCUT2D eigenvalue weighted by Gasteiger charge is -2.31.